The van der Waals surface area contributed by atoms with Gasteiger partial charge in [0.2, 0.25) is 11.8 Å². The largest absolute Gasteiger partial charge is 0.396 e. The van der Waals surface area contributed by atoms with E-state index >= 15 is 0 Å². The zero-order chi connectivity index (χ0) is 19.4. The third-order valence-corrected chi connectivity index (χ3v) is 6.38. The summed E-state index contributed by atoms with van der Waals surface area (Å²) in [7, 11) is 1.83. The quantitative estimate of drug-likeness (QED) is 0.776. The van der Waals surface area contributed by atoms with Crippen LogP contribution >= 0.6 is 11.6 Å². The maximum Gasteiger partial charge on any atom is 0.227 e. The van der Waals surface area contributed by atoms with Gasteiger partial charge in [0, 0.05) is 43.5 Å². The molecule has 5 nitrogen and oxygen atoms in total. The molecule has 1 aromatic carbocycles. The molecule has 1 atom stereocenters. The first-order valence-corrected chi connectivity index (χ1v) is 10.2. The summed E-state index contributed by atoms with van der Waals surface area (Å²) in [5.41, 5.74) is 1.02. The highest BCUT2D eigenvalue weighted by Crippen LogP contribution is 2.41. The van der Waals surface area contributed by atoms with Gasteiger partial charge in [-0.1, -0.05) is 30.2 Å². The van der Waals surface area contributed by atoms with Crippen molar-refractivity contribution in [3.05, 3.63) is 34.9 Å². The van der Waals surface area contributed by atoms with Crippen LogP contribution in [0.15, 0.2) is 24.3 Å². The molecule has 1 aliphatic heterocycles. The molecule has 0 spiro atoms. The highest BCUT2D eigenvalue weighted by atomic mass is 35.5. The number of halogens is 1. The van der Waals surface area contributed by atoms with Crippen molar-refractivity contribution in [1.82, 2.24) is 9.80 Å². The standard InChI is InChI=1S/C21H29ClN2O3/c1-23(14-21(15-25)10-2-11-21)20(27)17-5-8-19(26)24(13-17)12-9-16-3-6-18(22)7-4-16/h3-4,6-7,17,25H,2,5,8-15H2,1H3. The topological polar surface area (TPSA) is 60.9 Å². The molecule has 3 rings (SSSR count). The minimum absolute atomic E-state index is 0.0960. The molecule has 0 radical (unpaired) electrons. The number of hydrogen-bond donors (Lipinski definition) is 1. The van der Waals surface area contributed by atoms with E-state index in [-0.39, 0.29) is 29.8 Å². The van der Waals surface area contributed by atoms with Crippen molar-refractivity contribution in [3.63, 3.8) is 0 Å². The first kappa shape index (κ1) is 20.2. The average Bonchev–Trinajstić information content (AvgIpc) is 2.64. The van der Waals surface area contributed by atoms with Crippen LogP contribution in [0.4, 0.5) is 0 Å². The molecule has 27 heavy (non-hydrogen) atoms. The molecule has 0 bridgehead atoms. The Kier molecular flexibility index (Phi) is 6.43. The third-order valence-electron chi connectivity index (χ3n) is 6.13. The Balaban J connectivity index is 1.54. The fraction of sp³-hybridized carbons (Fsp3) is 0.619. The second-order valence-electron chi connectivity index (χ2n) is 8.16. The SMILES string of the molecule is CN(CC1(CO)CCC1)C(=O)C1CCC(=O)N(CCc2ccc(Cl)cc2)C1. The van der Waals surface area contributed by atoms with E-state index in [9.17, 15) is 14.7 Å². The van der Waals surface area contributed by atoms with Crippen molar-refractivity contribution in [2.75, 3.05) is 33.3 Å². The van der Waals surface area contributed by atoms with Crippen LogP contribution in [0.5, 0.6) is 0 Å². The van der Waals surface area contributed by atoms with Crippen LogP contribution in [-0.4, -0.2) is 60.0 Å². The second kappa shape index (κ2) is 8.61. The van der Waals surface area contributed by atoms with Gasteiger partial charge < -0.3 is 14.9 Å². The second-order valence-corrected chi connectivity index (χ2v) is 8.59. The molecular weight excluding hydrogens is 364 g/mol. The van der Waals surface area contributed by atoms with E-state index in [1.165, 1.54) is 0 Å². The number of carbonyl (C=O) groups is 2. The minimum Gasteiger partial charge on any atom is -0.396 e. The van der Waals surface area contributed by atoms with Gasteiger partial charge in [-0.15, -0.1) is 0 Å². The molecule has 0 aromatic heterocycles. The predicted molar refractivity (Wildman–Crippen MR) is 105 cm³/mol. The number of nitrogens with zero attached hydrogens (tertiary/aromatic N) is 2. The number of amides is 2. The Morgan fingerprint density at radius 1 is 1.33 bits per heavy atom. The summed E-state index contributed by atoms with van der Waals surface area (Å²) in [5.74, 6) is 0.0777. The number of hydrogen-bond acceptors (Lipinski definition) is 3. The number of carbonyl (C=O) groups excluding carboxylic acids is 2. The fourth-order valence-electron chi connectivity index (χ4n) is 4.18. The lowest BCUT2D eigenvalue weighted by atomic mass is 9.69. The summed E-state index contributed by atoms with van der Waals surface area (Å²) in [6.07, 6.45) is 4.89. The summed E-state index contributed by atoms with van der Waals surface area (Å²) in [6.45, 7) is 1.86. The van der Waals surface area contributed by atoms with Crippen molar-refractivity contribution in [3.8, 4) is 0 Å². The van der Waals surface area contributed by atoms with Gasteiger partial charge in [-0.3, -0.25) is 9.59 Å². The van der Waals surface area contributed by atoms with Crippen molar-refractivity contribution in [1.29, 1.82) is 0 Å². The monoisotopic (exact) mass is 392 g/mol. The van der Waals surface area contributed by atoms with E-state index in [1.807, 2.05) is 36.2 Å². The lowest BCUT2D eigenvalue weighted by Gasteiger charge is -2.44. The molecule has 2 amide bonds. The van der Waals surface area contributed by atoms with Gasteiger partial charge in [-0.25, -0.2) is 0 Å². The van der Waals surface area contributed by atoms with Crippen LogP contribution in [0.2, 0.25) is 5.02 Å². The molecule has 1 unspecified atom stereocenters. The summed E-state index contributed by atoms with van der Waals surface area (Å²) in [6, 6.07) is 7.65. The molecule has 1 heterocycles. The number of likely N-dealkylation sites (tertiary alicyclic amines) is 1. The molecule has 1 aliphatic carbocycles. The van der Waals surface area contributed by atoms with E-state index in [0.717, 1.165) is 31.2 Å². The van der Waals surface area contributed by atoms with Crippen molar-refractivity contribution < 1.29 is 14.7 Å². The number of rotatable bonds is 7. The van der Waals surface area contributed by atoms with Gasteiger partial charge in [0.25, 0.3) is 0 Å². The Labute approximate surface area is 166 Å². The van der Waals surface area contributed by atoms with Crippen LogP contribution in [-0.2, 0) is 16.0 Å². The van der Waals surface area contributed by atoms with Crippen molar-refractivity contribution in [2.45, 2.75) is 38.5 Å². The molecule has 6 heteroatoms. The smallest absolute Gasteiger partial charge is 0.227 e. The summed E-state index contributed by atoms with van der Waals surface area (Å²) in [4.78, 5) is 28.8. The third kappa shape index (κ3) is 4.82. The minimum atomic E-state index is -0.145. The van der Waals surface area contributed by atoms with Crippen LogP contribution in [0.1, 0.15) is 37.7 Å². The van der Waals surface area contributed by atoms with Gasteiger partial charge in [0.1, 0.15) is 0 Å². The van der Waals surface area contributed by atoms with E-state index in [2.05, 4.69) is 0 Å². The number of aliphatic hydroxyl groups is 1. The lowest BCUT2D eigenvalue weighted by Crippen LogP contribution is -2.50. The number of piperidine rings is 1. The first-order chi connectivity index (χ1) is 12.9. The molecule has 1 aromatic rings. The Bertz CT molecular complexity index is 667. The maximum atomic E-state index is 12.9. The zero-order valence-corrected chi connectivity index (χ0v) is 16.7. The molecular formula is C21H29ClN2O3. The average molecular weight is 393 g/mol. The maximum absolute atomic E-state index is 12.9. The van der Waals surface area contributed by atoms with E-state index in [0.29, 0.717) is 37.5 Å². The Morgan fingerprint density at radius 3 is 2.63 bits per heavy atom. The Hall–Kier alpha value is -1.59. The highest BCUT2D eigenvalue weighted by Gasteiger charge is 2.40. The number of benzene rings is 1. The van der Waals surface area contributed by atoms with Gasteiger partial charge in [0.05, 0.1) is 12.5 Å². The fourth-order valence-corrected chi connectivity index (χ4v) is 4.31. The zero-order valence-electron chi connectivity index (χ0n) is 16.0. The molecule has 1 N–H and O–H groups in total. The van der Waals surface area contributed by atoms with Crippen LogP contribution < -0.4 is 0 Å². The van der Waals surface area contributed by atoms with E-state index < -0.39 is 0 Å². The molecule has 1 saturated heterocycles. The predicted octanol–water partition coefficient (Wildman–Crippen LogP) is 2.74. The van der Waals surface area contributed by atoms with E-state index in [1.54, 1.807) is 4.90 Å². The summed E-state index contributed by atoms with van der Waals surface area (Å²) >= 11 is 5.92. The molecule has 2 aliphatic rings. The summed E-state index contributed by atoms with van der Waals surface area (Å²) < 4.78 is 0. The van der Waals surface area contributed by atoms with Crippen molar-refractivity contribution in [2.24, 2.45) is 11.3 Å². The van der Waals surface area contributed by atoms with Gasteiger partial charge >= 0.3 is 0 Å². The van der Waals surface area contributed by atoms with E-state index in [4.69, 9.17) is 11.6 Å². The molecule has 2 fully saturated rings. The Morgan fingerprint density at radius 2 is 2.04 bits per heavy atom. The molecule has 148 valence electrons. The highest BCUT2D eigenvalue weighted by molar-refractivity contribution is 6.30. The normalized spacial score (nSPS) is 21.7. The summed E-state index contributed by atoms with van der Waals surface area (Å²) in [5, 5.41) is 10.4. The van der Waals surface area contributed by atoms with Crippen LogP contribution in [0.3, 0.4) is 0 Å². The van der Waals surface area contributed by atoms with Gasteiger partial charge in [-0.05, 0) is 43.4 Å². The molecule has 1 saturated carbocycles. The lowest BCUT2D eigenvalue weighted by molar-refractivity contribution is -0.144. The van der Waals surface area contributed by atoms with Gasteiger partial charge in [-0.2, -0.15) is 0 Å². The van der Waals surface area contributed by atoms with Gasteiger partial charge in [0.15, 0.2) is 0 Å². The number of aliphatic hydroxyl groups excluding tert-OH is 1. The first-order valence-electron chi connectivity index (χ1n) is 9.80. The van der Waals surface area contributed by atoms with Crippen LogP contribution in [0.25, 0.3) is 0 Å². The van der Waals surface area contributed by atoms with Crippen LogP contribution in [0, 0.1) is 11.3 Å². The van der Waals surface area contributed by atoms with Crippen molar-refractivity contribution >= 4 is 23.4 Å².